The van der Waals surface area contributed by atoms with Gasteiger partial charge in [0.15, 0.2) is 0 Å². The minimum Gasteiger partial charge on any atom is -0.338 e. The van der Waals surface area contributed by atoms with Gasteiger partial charge in [-0.3, -0.25) is 4.79 Å². The van der Waals surface area contributed by atoms with E-state index in [0.717, 1.165) is 19.5 Å². The van der Waals surface area contributed by atoms with Crippen LogP contribution in [0.5, 0.6) is 0 Å². The number of nitrogens with one attached hydrogen (secondary N) is 1. The van der Waals surface area contributed by atoms with Gasteiger partial charge >= 0.3 is 0 Å². The molecule has 2 unspecified atom stereocenters. The van der Waals surface area contributed by atoms with E-state index in [1.165, 1.54) is 12.1 Å². The third kappa shape index (κ3) is 2.35. The minimum absolute atomic E-state index is 0.00794. The van der Waals surface area contributed by atoms with Crippen molar-refractivity contribution in [3.8, 4) is 0 Å². The molecule has 0 saturated carbocycles. The third-order valence-corrected chi connectivity index (χ3v) is 4.48. The van der Waals surface area contributed by atoms with Crippen LogP contribution >= 0.6 is 11.6 Å². The molecular formula is C14H16ClFN2O. The van der Waals surface area contributed by atoms with Gasteiger partial charge in [0.2, 0.25) is 0 Å². The van der Waals surface area contributed by atoms with Crippen molar-refractivity contribution < 1.29 is 9.18 Å². The Morgan fingerprint density at radius 2 is 2.16 bits per heavy atom. The highest BCUT2D eigenvalue weighted by molar-refractivity contribution is 6.33. The standard InChI is InChI=1S/C14H16ClFN2O/c15-11-2-1-3-12(16)13(11)14(19)18-5-4-9-6-17-7-10(9)8-18/h1-3,9-10,17H,4-8H2. The van der Waals surface area contributed by atoms with Crippen molar-refractivity contribution in [3.63, 3.8) is 0 Å². The smallest absolute Gasteiger partial charge is 0.258 e. The molecule has 2 atom stereocenters. The molecule has 19 heavy (non-hydrogen) atoms. The van der Waals surface area contributed by atoms with Crippen molar-refractivity contribution in [1.29, 1.82) is 0 Å². The van der Waals surface area contributed by atoms with Crippen LogP contribution in [-0.2, 0) is 0 Å². The van der Waals surface area contributed by atoms with Crippen LogP contribution in [-0.4, -0.2) is 37.0 Å². The van der Waals surface area contributed by atoms with Gasteiger partial charge < -0.3 is 10.2 Å². The Balaban J connectivity index is 1.81. The Morgan fingerprint density at radius 3 is 2.95 bits per heavy atom. The third-order valence-electron chi connectivity index (χ3n) is 4.17. The lowest BCUT2D eigenvalue weighted by Gasteiger charge is -2.34. The van der Waals surface area contributed by atoms with Crippen molar-refractivity contribution in [2.45, 2.75) is 6.42 Å². The predicted octanol–water partition coefficient (Wildman–Crippen LogP) is 2.16. The second-order valence-corrected chi connectivity index (χ2v) is 5.72. The molecule has 0 bridgehead atoms. The van der Waals surface area contributed by atoms with E-state index in [4.69, 9.17) is 11.6 Å². The largest absolute Gasteiger partial charge is 0.338 e. The van der Waals surface area contributed by atoms with Crippen LogP contribution in [0.15, 0.2) is 18.2 Å². The van der Waals surface area contributed by atoms with E-state index in [-0.39, 0.29) is 16.5 Å². The summed E-state index contributed by atoms with van der Waals surface area (Å²) < 4.78 is 13.8. The zero-order chi connectivity index (χ0) is 13.4. The summed E-state index contributed by atoms with van der Waals surface area (Å²) in [6.45, 7) is 3.36. The maximum absolute atomic E-state index is 13.8. The number of piperidine rings is 1. The molecule has 2 saturated heterocycles. The molecule has 1 amide bonds. The summed E-state index contributed by atoms with van der Waals surface area (Å²) in [6, 6.07) is 4.35. The van der Waals surface area contributed by atoms with Crippen molar-refractivity contribution in [2.24, 2.45) is 11.8 Å². The van der Waals surface area contributed by atoms with Gasteiger partial charge in [-0.15, -0.1) is 0 Å². The predicted molar refractivity (Wildman–Crippen MR) is 71.8 cm³/mol. The van der Waals surface area contributed by atoms with Gasteiger partial charge in [-0.05, 0) is 43.5 Å². The average molecular weight is 283 g/mol. The first kappa shape index (κ1) is 12.9. The fourth-order valence-electron chi connectivity index (χ4n) is 3.08. The van der Waals surface area contributed by atoms with Crippen LogP contribution in [0, 0.1) is 17.7 Å². The molecule has 0 aliphatic carbocycles. The zero-order valence-electron chi connectivity index (χ0n) is 10.5. The van der Waals surface area contributed by atoms with E-state index < -0.39 is 5.82 Å². The van der Waals surface area contributed by atoms with Crippen LogP contribution < -0.4 is 5.32 Å². The Hall–Kier alpha value is -1.13. The van der Waals surface area contributed by atoms with Crippen LogP contribution in [0.4, 0.5) is 4.39 Å². The number of carbonyl (C=O) groups is 1. The molecule has 0 radical (unpaired) electrons. The highest BCUT2D eigenvalue weighted by Gasteiger charge is 2.35. The SMILES string of the molecule is O=C(c1c(F)cccc1Cl)N1CCC2CNCC2C1. The molecule has 2 fully saturated rings. The maximum atomic E-state index is 13.8. The first-order valence-electron chi connectivity index (χ1n) is 6.61. The number of halogens is 2. The fourth-order valence-corrected chi connectivity index (χ4v) is 3.32. The van der Waals surface area contributed by atoms with Gasteiger partial charge in [0.25, 0.3) is 5.91 Å². The second kappa shape index (κ2) is 5.10. The topological polar surface area (TPSA) is 32.3 Å². The van der Waals surface area contributed by atoms with Gasteiger partial charge in [0.05, 0.1) is 10.6 Å². The molecule has 1 aromatic carbocycles. The molecule has 1 aromatic rings. The lowest BCUT2D eigenvalue weighted by atomic mass is 9.88. The second-order valence-electron chi connectivity index (χ2n) is 5.31. The number of rotatable bonds is 1. The maximum Gasteiger partial charge on any atom is 0.258 e. The van der Waals surface area contributed by atoms with Crippen LogP contribution in [0.2, 0.25) is 5.02 Å². The van der Waals surface area contributed by atoms with Crippen LogP contribution in [0.25, 0.3) is 0 Å². The number of amides is 1. The summed E-state index contributed by atoms with van der Waals surface area (Å²) in [6.07, 6.45) is 0.982. The van der Waals surface area contributed by atoms with Crippen molar-refractivity contribution in [1.82, 2.24) is 10.2 Å². The Bertz CT molecular complexity index is 488. The molecule has 0 spiro atoms. The first-order chi connectivity index (χ1) is 9.16. The molecule has 0 aromatic heterocycles. The summed E-state index contributed by atoms with van der Waals surface area (Å²) in [5.74, 6) is 0.320. The van der Waals surface area contributed by atoms with Gasteiger partial charge in [-0.25, -0.2) is 4.39 Å². The molecule has 2 aliphatic heterocycles. The number of nitrogens with zero attached hydrogens (tertiary/aromatic N) is 1. The number of hydrogen-bond acceptors (Lipinski definition) is 2. The van der Waals surface area contributed by atoms with Crippen molar-refractivity contribution in [2.75, 3.05) is 26.2 Å². The highest BCUT2D eigenvalue weighted by atomic mass is 35.5. The lowest BCUT2D eigenvalue weighted by Crippen LogP contribution is -2.43. The number of likely N-dealkylation sites (tertiary alicyclic amines) is 1. The molecular weight excluding hydrogens is 267 g/mol. The number of carbonyl (C=O) groups excluding carboxylic acids is 1. The molecule has 2 aliphatic rings. The highest BCUT2D eigenvalue weighted by Crippen LogP contribution is 2.29. The Morgan fingerprint density at radius 1 is 1.37 bits per heavy atom. The number of fused-ring (bicyclic) bond motifs is 1. The van der Waals surface area contributed by atoms with Crippen LogP contribution in [0.1, 0.15) is 16.8 Å². The van der Waals surface area contributed by atoms with E-state index in [0.29, 0.717) is 24.9 Å². The van der Waals surface area contributed by atoms with Crippen molar-refractivity contribution in [3.05, 3.63) is 34.6 Å². The van der Waals surface area contributed by atoms with Crippen LogP contribution in [0.3, 0.4) is 0 Å². The molecule has 3 nitrogen and oxygen atoms in total. The molecule has 5 heteroatoms. The van der Waals surface area contributed by atoms with E-state index in [1.54, 1.807) is 11.0 Å². The zero-order valence-corrected chi connectivity index (χ0v) is 11.3. The van der Waals surface area contributed by atoms with Gasteiger partial charge in [-0.2, -0.15) is 0 Å². The summed E-state index contributed by atoms with van der Waals surface area (Å²) in [5.41, 5.74) is 0.00794. The molecule has 1 N–H and O–H groups in total. The first-order valence-corrected chi connectivity index (χ1v) is 6.98. The number of benzene rings is 1. The van der Waals surface area contributed by atoms with Gasteiger partial charge in [-0.1, -0.05) is 17.7 Å². The summed E-state index contributed by atoms with van der Waals surface area (Å²) in [7, 11) is 0. The van der Waals surface area contributed by atoms with E-state index in [1.807, 2.05) is 0 Å². The monoisotopic (exact) mass is 282 g/mol. The molecule has 102 valence electrons. The minimum atomic E-state index is -0.538. The van der Waals surface area contributed by atoms with Gasteiger partial charge in [0.1, 0.15) is 5.82 Å². The van der Waals surface area contributed by atoms with Gasteiger partial charge in [0, 0.05) is 13.1 Å². The van der Waals surface area contributed by atoms with Crippen molar-refractivity contribution >= 4 is 17.5 Å². The summed E-state index contributed by atoms with van der Waals surface area (Å²) >= 11 is 5.96. The number of hydrogen-bond donors (Lipinski definition) is 1. The average Bonchev–Trinajstić information content (AvgIpc) is 2.85. The Labute approximate surface area is 116 Å². The quantitative estimate of drug-likeness (QED) is 0.856. The van der Waals surface area contributed by atoms with E-state index in [9.17, 15) is 9.18 Å². The normalized spacial score (nSPS) is 26.3. The molecule has 3 rings (SSSR count). The fraction of sp³-hybridized carbons (Fsp3) is 0.500. The Kier molecular flexibility index (Phi) is 3.46. The van der Waals surface area contributed by atoms with E-state index in [2.05, 4.69) is 5.32 Å². The van der Waals surface area contributed by atoms with E-state index >= 15 is 0 Å². The summed E-state index contributed by atoms with van der Waals surface area (Å²) in [5, 5.41) is 3.54. The summed E-state index contributed by atoms with van der Waals surface area (Å²) in [4.78, 5) is 14.1. The lowest BCUT2D eigenvalue weighted by molar-refractivity contribution is 0.0638. The molecule has 2 heterocycles.